The van der Waals surface area contributed by atoms with E-state index in [1.54, 1.807) is 11.1 Å². The van der Waals surface area contributed by atoms with E-state index < -0.39 is 0 Å². The van der Waals surface area contributed by atoms with E-state index in [1.807, 2.05) is 54.6 Å². The van der Waals surface area contributed by atoms with E-state index >= 15 is 0 Å². The molecule has 1 unspecified atom stereocenters. The summed E-state index contributed by atoms with van der Waals surface area (Å²) >= 11 is 6.39. The number of rotatable bonds is 3. The molecule has 1 aromatic heterocycles. The highest BCUT2D eigenvalue weighted by Gasteiger charge is 2.28. The SMILES string of the molecule is O=C(Nc1ccc2cc1CCC1C=CC=C(C1)Nc1ncc(Cl)c(n1)N2)N[C@@H]1CCN(C(=O)c2ccccc2)C1. The van der Waals surface area contributed by atoms with Gasteiger partial charge in [0.2, 0.25) is 5.95 Å². The molecule has 6 bridgehead atoms. The van der Waals surface area contributed by atoms with Gasteiger partial charge in [-0.1, -0.05) is 42.0 Å². The Morgan fingerprint density at radius 2 is 1.95 bits per heavy atom. The molecule has 10 heteroatoms. The van der Waals surface area contributed by atoms with Crippen molar-refractivity contribution in [1.82, 2.24) is 20.2 Å². The van der Waals surface area contributed by atoms with Crippen LogP contribution in [0.25, 0.3) is 0 Å². The molecule has 2 aliphatic heterocycles. The van der Waals surface area contributed by atoms with Crippen LogP contribution in [0, 0.1) is 5.92 Å². The maximum Gasteiger partial charge on any atom is 0.319 e. The lowest BCUT2D eigenvalue weighted by atomic mass is 9.91. The number of amides is 3. The first-order valence-corrected chi connectivity index (χ1v) is 13.9. The number of carbonyl (C=O) groups is 2. The van der Waals surface area contributed by atoms with Gasteiger partial charge in [-0.15, -0.1) is 0 Å². The van der Waals surface area contributed by atoms with Gasteiger partial charge in [-0.25, -0.2) is 9.78 Å². The number of benzene rings is 2. The van der Waals surface area contributed by atoms with Crippen molar-refractivity contribution >= 4 is 46.7 Å². The van der Waals surface area contributed by atoms with Crippen molar-refractivity contribution in [2.45, 2.75) is 31.7 Å². The Hall–Kier alpha value is -4.37. The number of nitrogens with zero attached hydrogens (tertiary/aromatic N) is 3. The van der Waals surface area contributed by atoms with Gasteiger partial charge < -0.3 is 26.2 Å². The fraction of sp³-hybridized carbons (Fsp3) is 0.267. The van der Waals surface area contributed by atoms with Crippen LogP contribution in [0.15, 0.2) is 78.7 Å². The molecule has 9 nitrogen and oxygen atoms in total. The lowest BCUT2D eigenvalue weighted by molar-refractivity contribution is 0.0789. The van der Waals surface area contributed by atoms with Crippen LogP contribution in [-0.4, -0.2) is 45.9 Å². The van der Waals surface area contributed by atoms with E-state index in [0.29, 0.717) is 47.8 Å². The number of nitrogens with one attached hydrogen (secondary N) is 4. The zero-order chi connectivity index (χ0) is 27.5. The highest BCUT2D eigenvalue weighted by Crippen LogP contribution is 2.31. The van der Waals surface area contributed by atoms with E-state index in [1.165, 1.54) is 0 Å². The minimum Gasteiger partial charge on any atom is -0.339 e. The second-order valence-corrected chi connectivity index (χ2v) is 10.7. The van der Waals surface area contributed by atoms with E-state index in [9.17, 15) is 9.59 Å². The van der Waals surface area contributed by atoms with Crippen LogP contribution in [0.2, 0.25) is 5.02 Å². The van der Waals surface area contributed by atoms with Gasteiger partial charge in [-0.2, -0.15) is 4.98 Å². The van der Waals surface area contributed by atoms with E-state index in [4.69, 9.17) is 11.6 Å². The Balaban J connectivity index is 1.16. The largest absolute Gasteiger partial charge is 0.339 e. The average molecular weight is 556 g/mol. The number of allylic oxidation sites excluding steroid dienone is 4. The number of likely N-dealkylation sites (tertiary alicyclic amines) is 1. The molecule has 1 aliphatic carbocycles. The molecule has 3 aromatic rings. The fourth-order valence-corrected chi connectivity index (χ4v) is 5.48. The van der Waals surface area contributed by atoms with Crippen molar-refractivity contribution in [3.8, 4) is 0 Å². The summed E-state index contributed by atoms with van der Waals surface area (Å²) in [6.07, 6.45) is 11.1. The number of fused-ring (bicyclic) bond motifs is 6. The number of aryl methyl sites for hydroxylation is 1. The highest BCUT2D eigenvalue weighted by atomic mass is 35.5. The summed E-state index contributed by atoms with van der Waals surface area (Å²) < 4.78 is 0. The highest BCUT2D eigenvalue weighted by molar-refractivity contribution is 6.32. The third kappa shape index (κ3) is 5.94. The van der Waals surface area contributed by atoms with Crippen LogP contribution < -0.4 is 21.3 Å². The van der Waals surface area contributed by atoms with Crippen molar-refractivity contribution in [2.24, 2.45) is 5.92 Å². The van der Waals surface area contributed by atoms with Gasteiger partial charge in [0.1, 0.15) is 5.02 Å². The topological polar surface area (TPSA) is 111 Å². The third-order valence-electron chi connectivity index (χ3n) is 7.41. The van der Waals surface area contributed by atoms with Crippen LogP contribution >= 0.6 is 11.6 Å². The zero-order valence-corrected chi connectivity index (χ0v) is 22.6. The van der Waals surface area contributed by atoms with Gasteiger partial charge in [0.15, 0.2) is 5.82 Å². The Morgan fingerprint density at radius 3 is 2.83 bits per heavy atom. The first-order valence-electron chi connectivity index (χ1n) is 13.5. The smallest absolute Gasteiger partial charge is 0.319 e. The third-order valence-corrected chi connectivity index (χ3v) is 7.69. The molecule has 1 saturated heterocycles. The van der Waals surface area contributed by atoms with Crippen LogP contribution in [0.3, 0.4) is 0 Å². The normalized spacial score (nSPS) is 19.6. The Morgan fingerprint density at radius 1 is 1.07 bits per heavy atom. The quantitative estimate of drug-likeness (QED) is 0.328. The number of hydrogen-bond donors (Lipinski definition) is 4. The Bertz CT molecular complexity index is 1490. The summed E-state index contributed by atoms with van der Waals surface area (Å²) in [5, 5.41) is 13.1. The first-order chi connectivity index (χ1) is 19.5. The maximum absolute atomic E-state index is 13.0. The summed E-state index contributed by atoms with van der Waals surface area (Å²) in [5.74, 6) is 1.31. The van der Waals surface area contributed by atoms with Gasteiger partial charge in [-0.05, 0) is 73.6 Å². The van der Waals surface area contributed by atoms with Gasteiger partial charge in [0.25, 0.3) is 5.91 Å². The van der Waals surface area contributed by atoms with Crippen molar-refractivity contribution in [1.29, 1.82) is 0 Å². The molecule has 0 radical (unpaired) electrons. The molecule has 204 valence electrons. The van der Waals surface area contributed by atoms with Gasteiger partial charge in [-0.3, -0.25) is 4.79 Å². The van der Waals surface area contributed by atoms with Crippen molar-refractivity contribution in [3.63, 3.8) is 0 Å². The first kappa shape index (κ1) is 25.9. The van der Waals surface area contributed by atoms with E-state index in [0.717, 1.165) is 41.9 Å². The molecule has 2 atom stereocenters. The Kier molecular flexibility index (Phi) is 7.37. The number of carbonyl (C=O) groups excluding carboxylic acids is 2. The van der Waals surface area contributed by atoms with Gasteiger partial charge in [0, 0.05) is 41.8 Å². The van der Waals surface area contributed by atoms with Crippen LogP contribution in [-0.2, 0) is 6.42 Å². The molecule has 2 aromatic carbocycles. The minimum absolute atomic E-state index is 0.0134. The van der Waals surface area contributed by atoms with Gasteiger partial charge >= 0.3 is 6.03 Å². The molecule has 40 heavy (non-hydrogen) atoms. The molecule has 3 heterocycles. The van der Waals surface area contributed by atoms with E-state index in [-0.39, 0.29) is 18.0 Å². The Labute approximate surface area is 237 Å². The zero-order valence-electron chi connectivity index (χ0n) is 21.9. The predicted octanol–water partition coefficient (Wildman–Crippen LogP) is 5.73. The number of anilines is 4. The molecule has 3 aliphatic rings. The van der Waals surface area contributed by atoms with Crippen LogP contribution in [0.4, 0.5) is 27.9 Å². The molecular weight excluding hydrogens is 526 g/mol. The molecule has 3 amide bonds. The van der Waals surface area contributed by atoms with Crippen molar-refractivity contribution < 1.29 is 9.59 Å². The summed E-state index contributed by atoms with van der Waals surface area (Å²) in [5.41, 5.74) is 4.27. The predicted molar refractivity (Wildman–Crippen MR) is 157 cm³/mol. The van der Waals surface area contributed by atoms with Crippen LogP contribution in [0.1, 0.15) is 35.2 Å². The van der Waals surface area contributed by atoms with Crippen molar-refractivity contribution in [3.05, 3.63) is 94.8 Å². The van der Waals surface area contributed by atoms with Crippen LogP contribution in [0.5, 0.6) is 0 Å². The summed E-state index contributed by atoms with van der Waals surface area (Å²) in [4.78, 5) is 36.5. The molecule has 0 spiro atoms. The van der Waals surface area contributed by atoms with E-state index in [2.05, 4.69) is 43.4 Å². The summed E-state index contributed by atoms with van der Waals surface area (Å²) in [6.45, 7) is 1.09. The molecule has 6 rings (SSSR count). The number of halogens is 1. The molecular formula is C30H30ClN7O2. The monoisotopic (exact) mass is 555 g/mol. The lowest BCUT2D eigenvalue weighted by Gasteiger charge is -2.20. The summed E-state index contributed by atoms with van der Waals surface area (Å²) in [6, 6.07) is 14.6. The second kappa shape index (κ2) is 11.4. The second-order valence-electron chi connectivity index (χ2n) is 10.3. The molecule has 1 fully saturated rings. The minimum atomic E-state index is -0.283. The number of hydrogen-bond acceptors (Lipinski definition) is 6. The average Bonchev–Trinajstić information content (AvgIpc) is 3.43. The molecule has 4 N–H and O–H groups in total. The van der Waals surface area contributed by atoms with Gasteiger partial charge in [0.05, 0.1) is 6.20 Å². The maximum atomic E-state index is 13.0. The standard InChI is InChI=1S/C30H30ClN7O2/c31-25-17-32-29-34-22-8-4-5-19(15-22)9-10-21-16-23(33-27(25)37-29)11-12-26(21)36-30(40)35-24-13-14-38(18-24)28(39)20-6-2-1-3-7-20/h1-8,11-12,16-17,19,24H,9-10,13-15,18H2,(H2,35,36,40)(H2,32,33,34,37)/t19?,24-/m1/s1. The lowest BCUT2D eigenvalue weighted by Crippen LogP contribution is -2.40. The summed E-state index contributed by atoms with van der Waals surface area (Å²) in [7, 11) is 0. The number of aromatic nitrogens is 2. The number of urea groups is 1. The molecule has 0 saturated carbocycles. The van der Waals surface area contributed by atoms with Crippen molar-refractivity contribution in [2.75, 3.05) is 29.0 Å². The fourth-order valence-electron chi connectivity index (χ4n) is 5.34.